The highest BCUT2D eigenvalue weighted by atomic mass is 32.1. The second-order valence-corrected chi connectivity index (χ2v) is 7.20. The molecule has 2 aliphatic heterocycles. The van der Waals surface area contributed by atoms with Crippen molar-refractivity contribution >= 4 is 29.1 Å². The van der Waals surface area contributed by atoms with E-state index in [2.05, 4.69) is 0 Å². The molecule has 2 saturated heterocycles. The summed E-state index contributed by atoms with van der Waals surface area (Å²) in [5.41, 5.74) is -0.269. The van der Waals surface area contributed by atoms with Crippen molar-refractivity contribution in [3.05, 3.63) is 22.4 Å². The maximum atomic E-state index is 12.6. The molecule has 0 radical (unpaired) electrons. The number of hydrogen-bond donors (Lipinski definition) is 1. The fourth-order valence-corrected chi connectivity index (χ4v) is 4.41. The van der Waals surface area contributed by atoms with Gasteiger partial charge in [-0.05, 0) is 24.3 Å². The highest BCUT2D eigenvalue weighted by molar-refractivity contribution is 7.08. The molecule has 2 fully saturated rings. The van der Waals surface area contributed by atoms with Crippen molar-refractivity contribution in [3.8, 4) is 0 Å². The zero-order valence-corrected chi connectivity index (χ0v) is 13.8. The van der Waals surface area contributed by atoms with Gasteiger partial charge < -0.3 is 14.9 Å². The van der Waals surface area contributed by atoms with Crippen molar-refractivity contribution in [1.29, 1.82) is 0 Å². The summed E-state index contributed by atoms with van der Waals surface area (Å²) >= 11 is 1.47. The number of carbonyl (C=O) groups is 3. The van der Waals surface area contributed by atoms with Crippen LogP contribution < -0.4 is 0 Å². The van der Waals surface area contributed by atoms with Gasteiger partial charge in [0, 0.05) is 44.4 Å². The maximum Gasteiger partial charge on any atom is 0.311 e. The monoisotopic (exact) mass is 336 g/mol. The lowest BCUT2D eigenvalue weighted by Gasteiger charge is -2.29. The first-order chi connectivity index (χ1) is 10.9. The predicted octanol–water partition coefficient (Wildman–Crippen LogP) is 1.53. The molecule has 0 aromatic carbocycles. The van der Waals surface area contributed by atoms with Crippen molar-refractivity contribution in [1.82, 2.24) is 9.80 Å². The third kappa shape index (κ3) is 2.73. The lowest BCUT2D eigenvalue weighted by molar-refractivity contribution is -0.151. The summed E-state index contributed by atoms with van der Waals surface area (Å²) in [6.07, 6.45) is 1.15. The molecule has 0 aliphatic carbocycles. The van der Waals surface area contributed by atoms with Gasteiger partial charge in [-0.2, -0.15) is 11.3 Å². The van der Waals surface area contributed by atoms with E-state index in [4.69, 9.17) is 0 Å². The highest BCUT2D eigenvalue weighted by Gasteiger charge is 2.54. The maximum absolute atomic E-state index is 12.6. The van der Waals surface area contributed by atoms with E-state index >= 15 is 0 Å². The van der Waals surface area contributed by atoms with Gasteiger partial charge in [0.1, 0.15) is 0 Å². The van der Waals surface area contributed by atoms with E-state index in [1.54, 1.807) is 15.9 Å². The average Bonchev–Trinajstić information content (AvgIpc) is 3.11. The Morgan fingerprint density at radius 2 is 2.04 bits per heavy atom. The van der Waals surface area contributed by atoms with Crippen LogP contribution in [0.4, 0.5) is 0 Å². The lowest BCUT2D eigenvalue weighted by Crippen LogP contribution is -2.42. The Morgan fingerprint density at radius 1 is 1.30 bits per heavy atom. The standard InChI is InChI=1S/C16H20N2O4S/c1-11(19)18-8-13-7-17(14(20)12-3-6-23-9-12)5-2-4-16(13,10-18)15(21)22/h3,6,9,13H,2,4-5,7-8,10H2,1H3,(H,21,22)/t13-,16-/m0/s1. The largest absolute Gasteiger partial charge is 0.481 e. The Bertz CT molecular complexity index is 630. The molecule has 6 nitrogen and oxygen atoms in total. The second-order valence-electron chi connectivity index (χ2n) is 6.42. The van der Waals surface area contributed by atoms with Gasteiger partial charge in [0.25, 0.3) is 5.91 Å². The molecule has 1 aromatic rings. The number of aliphatic carboxylic acids is 1. The molecule has 0 saturated carbocycles. The fraction of sp³-hybridized carbons (Fsp3) is 0.562. The molecule has 0 bridgehead atoms. The van der Waals surface area contributed by atoms with E-state index in [1.165, 1.54) is 18.3 Å². The van der Waals surface area contributed by atoms with Crippen molar-refractivity contribution in [2.45, 2.75) is 19.8 Å². The van der Waals surface area contributed by atoms with Crippen molar-refractivity contribution in [2.24, 2.45) is 11.3 Å². The van der Waals surface area contributed by atoms with Crippen LogP contribution in [0.3, 0.4) is 0 Å². The van der Waals surface area contributed by atoms with Crippen molar-refractivity contribution in [3.63, 3.8) is 0 Å². The molecule has 2 atom stereocenters. The Kier molecular flexibility index (Phi) is 4.14. The van der Waals surface area contributed by atoms with E-state index in [9.17, 15) is 19.5 Å². The van der Waals surface area contributed by atoms with Gasteiger partial charge in [-0.15, -0.1) is 0 Å². The minimum atomic E-state index is -0.921. The van der Waals surface area contributed by atoms with Crippen LogP contribution in [0.1, 0.15) is 30.1 Å². The normalized spacial score (nSPS) is 27.4. The number of carbonyl (C=O) groups excluding carboxylic acids is 2. The van der Waals surface area contributed by atoms with E-state index < -0.39 is 11.4 Å². The molecule has 2 amide bonds. The van der Waals surface area contributed by atoms with Gasteiger partial charge in [0.2, 0.25) is 5.91 Å². The lowest BCUT2D eigenvalue weighted by atomic mass is 9.75. The van der Waals surface area contributed by atoms with Crippen LogP contribution in [0.25, 0.3) is 0 Å². The quantitative estimate of drug-likeness (QED) is 0.888. The van der Waals surface area contributed by atoms with Crippen LogP contribution in [-0.2, 0) is 9.59 Å². The SMILES string of the molecule is CC(=O)N1C[C@@H]2CN(C(=O)c3ccsc3)CCC[C@]2(C(=O)O)C1. The van der Waals surface area contributed by atoms with E-state index in [0.29, 0.717) is 38.0 Å². The number of thiophene rings is 1. The first-order valence-corrected chi connectivity index (χ1v) is 8.69. The molecule has 3 rings (SSSR count). The third-order valence-electron chi connectivity index (χ3n) is 5.11. The molecule has 7 heteroatoms. The van der Waals surface area contributed by atoms with Crippen LogP contribution in [0, 0.1) is 11.3 Å². The minimum absolute atomic E-state index is 0.0475. The number of amides is 2. The Morgan fingerprint density at radius 3 is 2.65 bits per heavy atom. The van der Waals surface area contributed by atoms with Gasteiger partial charge in [-0.3, -0.25) is 14.4 Å². The number of likely N-dealkylation sites (tertiary alicyclic amines) is 2. The van der Waals surface area contributed by atoms with Crippen LogP contribution in [0.15, 0.2) is 16.8 Å². The first-order valence-electron chi connectivity index (χ1n) is 7.74. The van der Waals surface area contributed by atoms with Crippen LogP contribution in [0.2, 0.25) is 0 Å². The molecule has 0 unspecified atom stereocenters. The Hall–Kier alpha value is -1.89. The number of nitrogens with zero attached hydrogens (tertiary/aromatic N) is 2. The molecule has 2 aliphatic rings. The number of carboxylic acids is 1. The Labute approximate surface area is 138 Å². The summed E-state index contributed by atoms with van der Waals surface area (Å²) in [7, 11) is 0. The number of carboxylic acid groups (broad SMARTS) is 1. The molecular formula is C16H20N2O4S. The van der Waals surface area contributed by atoms with E-state index in [0.717, 1.165) is 0 Å². The highest BCUT2D eigenvalue weighted by Crippen LogP contribution is 2.43. The molecule has 3 heterocycles. The van der Waals surface area contributed by atoms with Gasteiger partial charge in [0.15, 0.2) is 0 Å². The molecular weight excluding hydrogens is 316 g/mol. The van der Waals surface area contributed by atoms with Gasteiger partial charge in [-0.25, -0.2) is 0 Å². The van der Waals surface area contributed by atoms with Gasteiger partial charge in [0.05, 0.1) is 11.0 Å². The predicted molar refractivity (Wildman–Crippen MR) is 85.3 cm³/mol. The fourth-order valence-electron chi connectivity index (χ4n) is 3.78. The average molecular weight is 336 g/mol. The second kappa shape index (κ2) is 5.96. The smallest absolute Gasteiger partial charge is 0.311 e. The zero-order chi connectivity index (χ0) is 16.6. The summed E-state index contributed by atoms with van der Waals surface area (Å²) in [6.45, 7) is 3.10. The summed E-state index contributed by atoms with van der Waals surface area (Å²) in [5, 5.41) is 13.5. The van der Waals surface area contributed by atoms with Gasteiger partial charge >= 0.3 is 5.97 Å². The first kappa shape index (κ1) is 16.0. The summed E-state index contributed by atoms with van der Waals surface area (Å²) in [5.74, 6) is -1.21. The van der Waals surface area contributed by atoms with E-state index in [1.807, 2.05) is 10.8 Å². The molecule has 0 spiro atoms. The van der Waals surface area contributed by atoms with Gasteiger partial charge in [-0.1, -0.05) is 0 Å². The summed E-state index contributed by atoms with van der Waals surface area (Å²) in [6, 6.07) is 1.79. The van der Waals surface area contributed by atoms with E-state index in [-0.39, 0.29) is 24.3 Å². The topological polar surface area (TPSA) is 77.9 Å². The molecule has 1 N–H and O–H groups in total. The van der Waals surface area contributed by atoms with Crippen LogP contribution in [0.5, 0.6) is 0 Å². The minimum Gasteiger partial charge on any atom is -0.481 e. The third-order valence-corrected chi connectivity index (χ3v) is 5.80. The summed E-state index contributed by atoms with van der Waals surface area (Å²) in [4.78, 5) is 39.6. The molecule has 124 valence electrons. The number of rotatable bonds is 2. The van der Waals surface area contributed by atoms with Crippen LogP contribution >= 0.6 is 11.3 Å². The molecule has 23 heavy (non-hydrogen) atoms. The van der Waals surface area contributed by atoms with Crippen molar-refractivity contribution < 1.29 is 19.5 Å². The number of hydrogen-bond acceptors (Lipinski definition) is 4. The molecule has 1 aromatic heterocycles. The summed E-state index contributed by atoms with van der Waals surface area (Å²) < 4.78 is 0. The zero-order valence-electron chi connectivity index (χ0n) is 13.0. The number of fused-ring (bicyclic) bond motifs is 1. The Balaban J connectivity index is 1.85. The van der Waals surface area contributed by atoms with Crippen molar-refractivity contribution in [2.75, 3.05) is 26.2 Å². The van der Waals surface area contributed by atoms with Crippen LogP contribution in [-0.4, -0.2) is 58.9 Å².